The average molecular weight is 288 g/mol. The zero-order chi connectivity index (χ0) is 14.7. The second-order valence-electron chi connectivity index (χ2n) is 4.89. The lowest BCUT2D eigenvalue weighted by atomic mass is 10.0. The Morgan fingerprint density at radius 1 is 1.48 bits per heavy atom. The number of rotatable bonds is 3. The number of amides is 2. The van der Waals surface area contributed by atoms with Crippen molar-refractivity contribution in [3.05, 3.63) is 41.9 Å². The van der Waals surface area contributed by atoms with E-state index in [0.717, 1.165) is 12.0 Å². The van der Waals surface area contributed by atoms with Crippen LogP contribution in [0, 0.1) is 6.92 Å². The van der Waals surface area contributed by atoms with Crippen LogP contribution in [0.25, 0.3) is 0 Å². The smallest absolute Gasteiger partial charge is 0.320 e. The van der Waals surface area contributed by atoms with E-state index in [1.807, 2.05) is 12.1 Å². The molecule has 2 aromatic heterocycles. The summed E-state index contributed by atoms with van der Waals surface area (Å²) >= 11 is 0. The summed E-state index contributed by atoms with van der Waals surface area (Å²) in [5.41, 5.74) is 0.956. The molecular formula is C14H16N4O3. The fraction of sp³-hybridized carbons (Fsp3) is 0.357. The highest BCUT2D eigenvalue weighted by atomic mass is 16.5. The molecule has 1 aliphatic rings. The van der Waals surface area contributed by atoms with Crippen molar-refractivity contribution in [3.63, 3.8) is 0 Å². The molecule has 0 bridgehead atoms. The van der Waals surface area contributed by atoms with Crippen LogP contribution in [-0.4, -0.2) is 28.8 Å². The first kappa shape index (κ1) is 13.6. The van der Waals surface area contributed by atoms with Crippen molar-refractivity contribution in [2.45, 2.75) is 25.5 Å². The molecule has 110 valence electrons. The fourth-order valence-corrected chi connectivity index (χ4v) is 2.36. The minimum absolute atomic E-state index is 0.0952. The summed E-state index contributed by atoms with van der Waals surface area (Å²) < 4.78 is 10.6. The lowest BCUT2D eigenvalue weighted by Crippen LogP contribution is -2.39. The van der Waals surface area contributed by atoms with Gasteiger partial charge in [-0.05, 0) is 19.4 Å². The minimum atomic E-state index is -0.326. The van der Waals surface area contributed by atoms with Crippen LogP contribution in [0.4, 0.5) is 10.6 Å². The Kier molecular flexibility index (Phi) is 3.83. The van der Waals surface area contributed by atoms with E-state index in [1.165, 1.54) is 0 Å². The molecule has 1 aliphatic heterocycles. The number of anilines is 1. The predicted octanol–water partition coefficient (Wildman–Crippen LogP) is 2.03. The van der Waals surface area contributed by atoms with Crippen molar-refractivity contribution in [2.24, 2.45) is 0 Å². The number of nitrogens with one attached hydrogen (secondary N) is 2. The number of hydrogen-bond donors (Lipinski definition) is 2. The number of nitrogens with zero attached hydrogens (tertiary/aromatic N) is 2. The maximum Gasteiger partial charge on any atom is 0.320 e. The van der Waals surface area contributed by atoms with E-state index in [0.29, 0.717) is 18.2 Å². The third-order valence-corrected chi connectivity index (χ3v) is 3.29. The number of carbonyl (C=O) groups excluding carboxylic acids is 1. The summed E-state index contributed by atoms with van der Waals surface area (Å²) in [7, 11) is 0. The highest BCUT2D eigenvalue weighted by molar-refractivity contribution is 5.88. The number of ether oxygens (including phenoxy) is 1. The second-order valence-corrected chi connectivity index (χ2v) is 4.89. The van der Waals surface area contributed by atoms with Crippen molar-refractivity contribution < 1.29 is 14.1 Å². The van der Waals surface area contributed by atoms with Crippen LogP contribution >= 0.6 is 0 Å². The molecule has 1 fully saturated rings. The summed E-state index contributed by atoms with van der Waals surface area (Å²) in [6.45, 7) is 2.37. The Labute approximate surface area is 121 Å². The van der Waals surface area contributed by atoms with Gasteiger partial charge in [0.05, 0.1) is 6.04 Å². The van der Waals surface area contributed by atoms with Crippen LogP contribution in [0.2, 0.25) is 0 Å². The summed E-state index contributed by atoms with van der Waals surface area (Å²) in [5, 5.41) is 9.26. The van der Waals surface area contributed by atoms with Gasteiger partial charge in [0.15, 0.2) is 5.82 Å². The summed E-state index contributed by atoms with van der Waals surface area (Å²) in [6.07, 6.45) is 4.04. The van der Waals surface area contributed by atoms with E-state index in [1.54, 1.807) is 25.4 Å². The summed E-state index contributed by atoms with van der Waals surface area (Å²) in [5.74, 6) is 1.03. The number of aromatic nitrogens is 2. The van der Waals surface area contributed by atoms with Crippen molar-refractivity contribution in [3.8, 4) is 0 Å². The molecule has 2 N–H and O–H groups in total. The number of urea groups is 1. The van der Waals surface area contributed by atoms with Gasteiger partial charge in [-0.2, -0.15) is 0 Å². The molecule has 1 saturated heterocycles. The minimum Gasteiger partial charge on any atom is -0.371 e. The first-order chi connectivity index (χ1) is 10.2. The first-order valence-electron chi connectivity index (χ1n) is 6.75. The Balaban J connectivity index is 1.62. The van der Waals surface area contributed by atoms with Crippen LogP contribution in [-0.2, 0) is 4.74 Å². The monoisotopic (exact) mass is 288 g/mol. The number of carbonyl (C=O) groups is 1. The highest BCUT2D eigenvalue weighted by Gasteiger charge is 2.31. The van der Waals surface area contributed by atoms with Crippen molar-refractivity contribution in [1.29, 1.82) is 0 Å². The molecule has 2 aromatic rings. The predicted molar refractivity (Wildman–Crippen MR) is 74.7 cm³/mol. The van der Waals surface area contributed by atoms with Gasteiger partial charge in [-0.25, -0.2) is 4.79 Å². The number of pyridine rings is 1. The van der Waals surface area contributed by atoms with Crippen molar-refractivity contribution in [1.82, 2.24) is 15.5 Å². The topological polar surface area (TPSA) is 89.3 Å². The molecule has 0 saturated carbocycles. The van der Waals surface area contributed by atoms with E-state index in [4.69, 9.17) is 9.26 Å². The molecule has 7 heteroatoms. The van der Waals surface area contributed by atoms with Gasteiger partial charge in [0, 0.05) is 30.6 Å². The molecule has 2 amide bonds. The normalized spacial score (nSPS) is 21.2. The molecular weight excluding hydrogens is 272 g/mol. The van der Waals surface area contributed by atoms with Crippen molar-refractivity contribution in [2.75, 3.05) is 11.9 Å². The molecule has 0 spiro atoms. The summed E-state index contributed by atoms with van der Waals surface area (Å²) in [4.78, 5) is 16.1. The first-order valence-corrected chi connectivity index (χ1v) is 6.75. The van der Waals surface area contributed by atoms with Crippen LogP contribution in [0.1, 0.15) is 23.8 Å². The van der Waals surface area contributed by atoms with Gasteiger partial charge in [0.1, 0.15) is 11.9 Å². The van der Waals surface area contributed by atoms with Crippen molar-refractivity contribution >= 4 is 11.8 Å². The molecule has 0 aromatic carbocycles. The SMILES string of the molecule is Cc1cc(NC(=O)N[C@H]2CCO[C@@H]2c2cccnc2)no1. The Bertz CT molecular complexity index is 614. The van der Waals surface area contributed by atoms with E-state index >= 15 is 0 Å². The molecule has 2 atom stereocenters. The second kappa shape index (κ2) is 5.92. The van der Waals surface area contributed by atoms with E-state index in [2.05, 4.69) is 20.8 Å². The molecule has 0 radical (unpaired) electrons. The number of aryl methyl sites for hydroxylation is 1. The lowest BCUT2D eigenvalue weighted by Gasteiger charge is -2.19. The fourth-order valence-electron chi connectivity index (χ4n) is 2.36. The molecule has 7 nitrogen and oxygen atoms in total. The van der Waals surface area contributed by atoms with Gasteiger partial charge in [-0.15, -0.1) is 0 Å². The molecule has 3 heterocycles. The van der Waals surface area contributed by atoms with Crippen LogP contribution < -0.4 is 10.6 Å². The zero-order valence-corrected chi connectivity index (χ0v) is 11.6. The standard InChI is InChI=1S/C14H16N4O3/c1-9-7-12(18-21-9)17-14(19)16-11-4-6-20-13(11)10-3-2-5-15-8-10/h2-3,5,7-8,11,13H,4,6H2,1H3,(H2,16,17,18,19)/t11-,13+/m0/s1. The van der Waals surface area contributed by atoms with E-state index < -0.39 is 0 Å². The van der Waals surface area contributed by atoms with Gasteiger partial charge < -0.3 is 14.6 Å². The summed E-state index contributed by atoms with van der Waals surface area (Å²) in [6, 6.07) is 5.03. The van der Waals surface area contributed by atoms with Gasteiger partial charge >= 0.3 is 6.03 Å². The molecule has 0 aliphatic carbocycles. The Hall–Kier alpha value is -2.41. The van der Waals surface area contributed by atoms with Crippen LogP contribution in [0.5, 0.6) is 0 Å². The third-order valence-electron chi connectivity index (χ3n) is 3.29. The Morgan fingerprint density at radius 2 is 2.38 bits per heavy atom. The highest BCUT2D eigenvalue weighted by Crippen LogP contribution is 2.28. The molecule has 21 heavy (non-hydrogen) atoms. The average Bonchev–Trinajstić information content (AvgIpc) is 3.09. The van der Waals surface area contributed by atoms with Gasteiger partial charge in [0.25, 0.3) is 0 Å². The maximum absolute atomic E-state index is 12.0. The Morgan fingerprint density at radius 3 is 3.10 bits per heavy atom. The lowest BCUT2D eigenvalue weighted by molar-refractivity contribution is 0.100. The molecule has 3 rings (SSSR count). The van der Waals surface area contributed by atoms with E-state index in [9.17, 15) is 4.79 Å². The maximum atomic E-state index is 12.0. The quantitative estimate of drug-likeness (QED) is 0.902. The third kappa shape index (κ3) is 3.19. The van der Waals surface area contributed by atoms with Gasteiger partial charge in [0.2, 0.25) is 0 Å². The van der Waals surface area contributed by atoms with Gasteiger partial charge in [-0.3, -0.25) is 10.3 Å². The van der Waals surface area contributed by atoms with Crippen LogP contribution in [0.15, 0.2) is 35.1 Å². The zero-order valence-electron chi connectivity index (χ0n) is 11.6. The van der Waals surface area contributed by atoms with Crippen LogP contribution in [0.3, 0.4) is 0 Å². The van der Waals surface area contributed by atoms with Gasteiger partial charge in [-0.1, -0.05) is 11.2 Å². The largest absolute Gasteiger partial charge is 0.371 e. The molecule has 0 unspecified atom stereocenters. The van der Waals surface area contributed by atoms with E-state index in [-0.39, 0.29) is 18.2 Å². The number of hydrogen-bond acceptors (Lipinski definition) is 5.